The average molecular weight is 551 g/mol. The summed E-state index contributed by atoms with van der Waals surface area (Å²) in [7, 11) is 0. The molecule has 194 valence electrons. The molecule has 0 aliphatic rings. The van der Waals surface area contributed by atoms with Crippen molar-refractivity contribution in [3.63, 3.8) is 0 Å². The summed E-state index contributed by atoms with van der Waals surface area (Å²) in [5.41, 5.74) is 0.356. The van der Waals surface area contributed by atoms with E-state index in [9.17, 15) is 29.1 Å². The summed E-state index contributed by atoms with van der Waals surface area (Å²) in [6.45, 7) is -3.30. The lowest BCUT2D eigenvalue weighted by Crippen LogP contribution is -2.43. The number of halogens is 3. The maximum Gasteiger partial charge on any atom is 0.323 e. The number of aliphatic carboxylic acids is 5. The predicted molar refractivity (Wildman–Crippen MR) is 127 cm³/mol. The molecule has 1 rings (SSSR count). The first-order valence-electron chi connectivity index (χ1n) is 8.89. The molecule has 5 N–H and O–H groups in total. The number of hydrogen-bond acceptors (Lipinski definition) is 8. The van der Waals surface area contributed by atoms with Gasteiger partial charge >= 0.3 is 29.8 Å². The Kier molecular flexibility index (Phi) is 18.3. The maximum atomic E-state index is 11.4. The Bertz CT molecular complexity index is 811. The van der Waals surface area contributed by atoms with Gasteiger partial charge in [0.25, 0.3) is 0 Å². The van der Waals surface area contributed by atoms with Crippen molar-refractivity contribution in [2.75, 3.05) is 55.6 Å². The van der Waals surface area contributed by atoms with Crippen molar-refractivity contribution >= 4 is 78.4 Å². The quantitative estimate of drug-likeness (QED) is 0.200. The molecule has 16 heteroatoms. The molecular formula is C18H26Cl3N3O10. The van der Waals surface area contributed by atoms with Crippen molar-refractivity contribution in [3.05, 3.63) is 24.3 Å². The fraction of sp³-hybridized carbons (Fsp3) is 0.389. The first-order chi connectivity index (χ1) is 14.5. The van der Waals surface area contributed by atoms with E-state index >= 15 is 0 Å². The summed E-state index contributed by atoms with van der Waals surface area (Å²) in [4.78, 5) is 59.1. The number of carboxylic acids is 5. The van der Waals surface area contributed by atoms with E-state index in [-0.39, 0.29) is 61.7 Å². The molecule has 0 aromatic heterocycles. The average Bonchev–Trinajstić information content (AvgIpc) is 2.62. The van der Waals surface area contributed by atoms with Crippen molar-refractivity contribution < 1.29 is 49.5 Å². The molecule has 0 radical (unpaired) electrons. The molecule has 0 atom stereocenters. The third kappa shape index (κ3) is 13.5. The summed E-state index contributed by atoms with van der Waals surface area (Å²) < 4.78 is 0. The van der Waals surface area contributed by atoms with E-state index in [1.165, 1.54) is 23.1 Å². The highest BCUT2D eigenvalue weighted by Crippen LogP contribution is 2.29. The van der Waals surface area contributed by atoms with Crippen LogP contribution in [0.3, 0.4) is 0 Å². The molecule has 0 bridgehead atoms. The van der Waals surface area contributed by atoms with Crippen molar-refractivity contribution in [3.8, 4) is 0 Å². The van der Waals surface area contributed by atoms with Gasteiger partial charge in [-0.3, -0.25) is 28.9 Å². The zero-order valence-electron chi connectivity index (χ0n) is 17.6. The van der Waals surface area contributed by atoms with Gasteiger partial charge in [-0.25, -0.2) is 0 Å². The number of nitrogens with zero attached hydrogens (tertiary/aromatic N) is 3. The van der Waals surface area contributed by atoms with E-state index in [0.29, 0.717) is 0 Å². The molecule has 13 nitrogen and oxygen atoms in total. The monoisotopic (exact) mass is 549 g/mol. The molecule has 0 aliphatic heterocycles. The van der Waals surface area contributed by atoms with Crippen LogP contribution >= 0.6 is 37.2 Å². The Labute approximate surface area is 212 Å². The van der Waals surface area contributed by atoms with Gasteiger partial charge in [0, 0.05) is 13.1 Å². The van der Waals surface area contributed by atoms with E-state index in [2.05, 4.69) is 0 Å². The van der Waals surface area contributed by atoms with Crippen LogP contribution in [0.5, 0.6) is 0 Å². The Morgan fingerprint density at radius 2 is 0.853 bits per heavy atom. The number of anilines is 2. The van der Waals surface area contributed by atoms with Crippen LogP contribution < -0.4 is 9.80 Å². The van der Waals surface area contributed by atoms with Crippen molar-refractivity contribution in [2.24, 2.45) is 0 Å². The Morgan fingerprint density at radius 1 is 0.529 bits per heavy atom. The number of carboxylic acid groups (broad SMARTS) is 5. The number of carbonyl (C=O) groups is 5. The van der Waals surface area contributed by atoms with Gasteiger partial charge in [-0.05, 0) is 12.1 Å². The Balaban J connectivity index is -0.00000320. The normalized spacial score (nSPS) is 9.56. The Hall–Kier alpha value is -3.00. The standard InChI is InChI=1S/C18H23N3O10.3ClH/c22-14(23)7-19(8-15(24)25)5-6-20(9-16(26)27)12-3-1-2-4-13(12)21(10-17(28)29)11-18(30)31;;;/h1-4H,5-11H2,(H,22,23)(H,24,25)(H,26,27)(H,28,29)(H,30,31);3*1H. The van der Waals surface area contributed by atoms with Crippen LogP contribution in [-0.4, -0.2) is 106 Å². The van der Waals surface area contributed by atoms with E-state index in [0.717, 1.165) is 9.80 Å². The summed E-state index contributed by atoms with van der Waals surface area (Å²) in [5.74, 6) is -6.37. The second-order valence-corrected chi connectivity index (χ2v) is 6.45. The first kappa shape index (κ1) is 35.6. The summed E-state index contributed by atoms with van der Waals surface area (Å²) >= 11 is 0. The van der Waals surface area contributed by atoms with Crippen LogP contribution in [0.15, 0.2) is 24.3 Å². The first-order valence-corrected chi connectivity index (χ1v) is 8.89. The van der Waals surface area contributed by atoms with Crippen LogP contribution in [0, 0.1) is 0 Å². The lowest BCUT2D eigenvalue weighted by Gasteiger charge is -2.31. The second-order valence-electron chi connectivity index (χ2n) is 6.45. The largest absolute Gasteiger partial charge is 0.480 e. The van der Waals surface area contributed by atoms with Crippen LogP contribution in [-0.2, 0) is 24.0 Å². The fourth-order valence-electron chi connectivity index (χ4n) is 2.86. The van der Waals surface area contributed by atoms with Gasteiger partial charge in [0.15, 0.2) is 0 Å². The highest BCUT2D eigenvalue weighted by atomic mass is 35.5. The predicted octanol–water partition coefficient (Wildman–Crippen LogP) is 0.290. The maximum absolute atomic E-state index is 11.4. The molecule has 0 unspecified atom stereocenters. The molecule has 34 heavy (non-hydrogen) atoms. The summed E-state index contributed by atoms with van der Waals surface area (Å²) in [6, 6.07) is 5.96. The zero-order valence-corrected chi connectivity index (χ0v) is 20.1. The fourth-order valence-corrected chi connectivity index (χ4v) is 2.86. The van der Waals surface area contributed by atoms with Crippen molar-refractivity contribution in [1.82, 2.24) is 4.90 Å². The number of hydrogen-bond donors (Lipinski definition) is 5. The molecule has 0 amide bonds. The van der Waals surface area contributed by atoms with Crippen LogP contribution in [0.4, 0.5) is 11.4 Å². The molecule has 0 spiro atoms. The SMILES string of the molecule is Cl.Cl.Cl.O=C(O)CN(CCN(CC(=O)O)c1ccccc1N(CC(=O)O)CC(=O)O)CC(=O)O. The molecular weight excluding hydrogens is 525 g/mol. The highest BCUT2D eigenvalue weighted by molar-refractivity contribution is 5.86. The molecule has 0 fully saturated rings. The number of benzene rings is 1. The van der Waals surface area contributed by atoms with Crippen LogP contribution in [0.2, 0.25) is 0 Å². The van der Waals surface area contributed by atoms with Gasteiger partial charge in [-0.15, -0.1) is 37.2 Å². The topological polar surface area (TPSA) is 196 Å². The Morgan fingerprint density at radius 3 is 1.21 bits per heavy atom. The van der Waals surface area contributed by atoms with Gasteiger partial charge in [-0.2, -0.15) is 0 Å². The van der Waals surface area contributed by atoms with E-state index in [1.807, 2.05) is 0 Å². The van der Waals surface area contributed by atoms with E-state index < -0.39 is 62.6 Å². The molecule has 0 aliphatic carbocycles. The minimum atomic E-state index is -1.30. The van der Waals surface area contributed by atoms with Crippen molar-refractivity contribution in [2.45, 2.75) is 0 Å². The molecule has 0 saturated carbocycles. The third-order valence-corrected chi connectivity index (χ3v) is 3.95. The van der Waals surface area contributed by atoms with Gasteiger partial charge in [0.2, 0.25) is 0 Å². The van der Waals surface area contributed by atoms with E-state index in [1.54, 1.807) is 6.07 Å². The van der Waals surface area contributed by atoms with Crippen molar-refractivity contribution in [1.29, 1.82) is 0 Å². The third-order valence-electron chi connectivity index (χ3n) is 3.95. The second kappa shape index (κ2) is 17.5. The summed E-state index contributed by atoms with van der Waals surface area (Å²) in [5, 5.41) is 45.4. The molecule has 0 saturated heterocycles. The van der Waals surface area contributed by atoms with E-state index in [4.69, 9.17) is 20.4 Å². The minimum absolute atomic E-state index is 0. The highest BCUT2D eigenvalue weighted by Gasteiger charge is 2.22. The smallest absolute Gasteiger partial charge is 0.323 e. The lowest BCUT2D eigenvalue weighted by atomic mass is 10.2. The molecule has 1 aromatic carbocycles. The van der Waals surface area contributed by atoms with Gasteiger partial charge < -0.3 is 35.3 Å². The van der Waals surface area contributed by atoms with Gasteiger partial charge in [0.05, 0.1) is 24.5 Å². The number of rotatable bonds is 15. The van der Waals surface area contributed by atoms with Gasteiger partial charge in [-0.1, -0.05) is 12.1 Å². The minimum Gasteiger partial charge on any atom is -0.480 e. The molecule has 0 heterocycles. The van der Waals surface area contributed by atoms with Gasteiger partial charge in [0.1, 0.15) is 19.6 Å². The lowest BCUT2D eigenvalue weighted by molar-refractivity contribution is -0.142. The zero-order chi connectivity index (χ0) is 23.6. The van der Waals surface area contributed by atoms with Crippen LogP contribution in [0.1, 0.15) is 0 Å². The summed E-state index contributed by atoms with van der Waals surface area (Å²) in [6.07, 6.45) is 0. The number of para-hydroxylation sites is 2. The van der Waals surface area contributed by atoms with Crippen LogP contribution in [0.25, 0.3) is 0 Å². The molecule has 1 aromatic rings.